The number of aromatic nitrogens is 1. The van der Waals surface area contributed by atoms with E-state index in [9.17, 15) is 14.0 Å². The average molecular weight is 302 g/mol. The highest BCUT2D eigenvalue weighted by molar-refractivity contribution is 5.95. The maximum absolute atomic E-state index is 13.2. The summed E-state index contributed by atoms with van der Waals surface area (Å²) < 4.78 is 17.9. The summed E-state index contributed by atoms with van der Waals surface area (Å²) >= 11 is 0. The molecule has 2 rings (SSSR count). The molecular weight excluding hydrogens is 287 g/mol. The summed E-state index contributed by atoms with van der Waals surface area (Å²) in [5.41, 5.74) is 0.771. The molecule has 2 aromatic rings. The number of nitrogens with one attached hydrogen (secondary N) is 1. The molecule has 0 bridgehead atoms. The Bertz CT molecular complexity index is 661. The third-order valence-corrected chi connectivity index (χ3v) is 3.02. The molecule has 6 heteroatoms. The predicted molar refractivity (Wildman–Crippen MR) is 77.6 cm³/mol. The minimum Gasteiger partial charge on any atom is -0.467 e. The second kappa shape index (κ2) is 7.31. The zero-order chi connectivity index (χ0) is 15.9. The van der Waals surface area contributed by atoms with Gasteiger partial charge in [-0.25, -0.2) is 9.18 Å². The number of halogens is 1. The average Bonchev–Trinajstić information content (AvgIpc) is 2.54. The van der Waals surface area contributed by atoms with Gasteiger partial charge in [-0.2, -0.15) is 0 Å². The maximum Gasteiger partial charge on any atom is 0.328 e. The lowest BCUT2D eigenvalue weighted by molar-refractivity contribution is -0.142. The lowest BCUT2D eigenvalue weighted by Gasteiger charge is -2.16. The fourth-order valence-corrected chi connectivity index (χ4v) is 1.96. The molecular formula is C16H15FN2O3. The number of ether oxygens (including phenoxy) is 1. The van der Waals surface area contributed by atoms with E-state index >= 15 is 0 Å². The zero-order valence-electron chi connectivity index (χ0n) is 12.0. The quantitative estimate of drug-likeness (QED) is 0.854. The van der Waals surface area contributed by atoms with Crippen LogP contribution in [-0.4, -0.2) is 30.0 Å². The van der Waals surface area contributed by atoms with Crippen molar-refractivity contribution >= 4 is 11.9 Å². The highest BCUT2D eigenvalue weighted by atomic mass is 19.1. The normalized spacial score (nSPS) is 11.5. The maximum atomic E-state index is 13.2. The van der Waals surface area contributed by atoms with Crippen LogP contribution in [0.25, 0.3) is 0 Å². The number of nitrogens with zero attached hydrogens (tertiary/aromatic N) is 1. The number of pyridine rings is 1. The van der Waals surface area contributed by atoms with Gasteiger partial charge in [0.2, 0.25) is 0 Å². The molecule has 114 valence electrons. The number of rotatable bonds is 5. The van der Waals surface area contributed by atoms with E-state index in [4.69, 9.17) is 0 Å². The van der Waals surface area contributed by atoms with Crippen molar-refractivity contribution < 1.29 is 18.7 Å². The second-order valence-corrected chi connectivity index (χ2v) is 4.60. The molecule has 0 aliphatic rings. The number of hydrogen-bond acceptors (Lipinski definition) is 4. The van der Waals surface area contributed by atoms with Gasteiger partial charge < -0.3 is 10.1 Å². The van der Waals surface area contributed by atoms with Gasteiger partial charge in [0.05, 0.1) is 7.11 Å². The second-order valence-electron chi connectivity index (χ2n) is 4.60. The van der Waals surface area contributed by atoms with Crippen molar-refractivity contribution in [3.05, 3.63) is 65.7 Å². The van der Waals surface area contributed by atoms with Crippen LogP contribution in [0.15, 0.2) is 48.7 Å². The van der Waals surface area contributed by atoms with E-state index in [0.717, 1.165) is 0 Å². The molecule has 0 saturated heterocycles. The van der Waals surface area contributed by atoms with Gasteiger partial charge in [-0.3, -0.25) is 9.78 Å². The van der Waals surface area contributed by atoms with Crippen LogP contribution >= 0.6 is 0 Å². The van der Waals surface area contributed by atoms with Crippen molar-refractivity contribution in [1.29, 1.82) is 0 Å². The molecule has 1 heterocycles. The Kier molecular flexibility index (Phi) is 5.19. The molecule has 0 radical (unpaired) electrons. The van der Waals surface area contributed by atoms with Crippen LogP contribution in [0.3, 0.4) is 0 Å². The van der Waals surface area contributed by atoms with E-state index in [2.05, 4.69) is 15.0 Å². The molecule has 1 atom stereocenters. The van der Waals surface area contributed by atoms with E-state index < -0.39 is 23.7 Å². The van der Waals surface area contributed by atoms with Crippen LogP contribution in [0.5, 0.6) is 0 Å². The summed E-state index contributed by atoms with van der Waals surface area (Å²) in [4.78, 5) is 27.8. The molecule has 22 heavy (non-hydrogen) atoms. The number of carbonyl (C=O) groups is 2. The first kappa shape index (κ1) is 15.6. The van der Waals surface area contributed by atoms with Gasteiger partial charge in [-0.1, -0.05) is 18.2 Å². The summed E-state index contributed by atoms with van der Waals surface area (Å²) in [5, 5.41) is 2.55. The first-order chi connectivity index (χ1) is 10.6. The number of carbonyl (C=O) groups excluding carboxylic acids is 2. The molecule has 1 N–H and O–H groups in total. The molecule has 0 saturated carbocycles. The molecule has 1 aromatic heterocycles. The van der Waals surface area contributed by atoms with Gasteiger partial charge in [-0.05, 0) is 29.8 Å². The van der Waals surface area contributed by atoms with Crippen LogP contribution in [-0.2, 0) is 16.0 Å². The van der Waals surface area contributed by atoms with Crippen LogP contribution in [0, 0.1) is 5.82 Å². The largest absolute Gasteiger partial charge is 0.467 e. The molecule has 1 aromatic carbocycles. The monoisotopic (exact) mass is 302 g/mol. The predicted octanol–water partition coefficient (Wildman–Crippen LogP) is 1.73. The number of hydrogen-bond donors (Lipinski definition) is 1. The molecule has 5 nitrogen and oxygen atoms in total. The topological polar surface area (TPSA) is 68.3 Å². The smallest absolute Gasteiger partial charge is 0.328 e. The van der Waals surface area contributed by atoms with E-state index in [1.165, 1.54) is 31.5 Å². The molecule has 0 fully saturated rings. The Morgan fingerprint density at radius 3 is 2.73 bits per heavy atom. The first-order valence-electron chi connectivity index (χ1n) is 6.64. The highest BCUT2D eigenvalue weighted by Crippen LogP contribution is 2.08. The Morgan fingerprint density at radius 2 is 2.09 bits per heavy atom. The Balaban J connectivity index is 2.13. The molecule has 0 spiro atoms. The fourth-order valence-electron chi connectivity index (χ4n) is 1.96. The Morgan fingerprint density at radius 1 is 1.27 bits per heavy atom. The highest BCUT2D eigenvalue weighted by Gasteiger charge is 2.23. The lowest BCUT2D eigenvalue weighted by Crippen LogP contribution is -2.43. The van der Waals surface area contributed by atoms with Crippen molar-refractivity contribution in [3.63, 3.8) is 0 Å². The summed E-state index contributed by atoms with van der Waals surface area (Å²) in [6, 6.07) is 9.80. The molecule has 0 aliphatic carbocycles. The van der Waals surface area contributed by atoms with Gasteiger partial charge in [0.15, 0.2) is 0 Å². The number of benzene rings is 1. The van der Waals surface area contributed by atoms with Crippen LogP contribution in [0.4, 0.5) is 4.39 Å². The van der Waals surface area contributed by atoms with E-state index in [0.29, 0.717) is 5.56 Å². The van der Waals surface area contributed by atoms with Crippen molar-refractivity contribution in [2.45, 2.75) is 12.5 Å². The standard InChI is InChI=1S/C16H15FN2O3/c1-22-16(21)14(10-11-5-4-6-12(17)9-11)19-15(20)13-7-2-3-8-18-13/h2-9,14H,10H2,1H3,(H,19,20)/t14-/m1/s1. The van der Waals surface area contributed by atoms with E-state index in [1.54, 1.807) is 24.3 Å². The van der Waals surface area contributed by atoms with Crippen LogP contribution in [0.2, 0.25) is 0 Å². The summed E-state index contributed by atoms with van der Waals surface area (Å²) in [6.07, 6.45) is 1.61. The zero-order valence-corrected chi connectivity index (χ0v) is 12.0. The van der Waals surface area contributed by atoms with E-state index in [1.807, 2.05) is 0 Å². The van der Waals surface area contributed by atoms with Gasteiger partial charge in [0.1, 0.15) is 17.6 Å². The van der Waals surface area contributed by atoms with Gasteiger partial charge in [0.25, 0.3) is 5.91 Å². The van der Waals surface area contributed by atoms with Crippen molar-refractivity contribution in [3.8, 4) is 0 Å². The first-order valence-corrected chi connectivity index (χ1v) is 6.64. The molecule has 1 amide bonds. The number of esters is 1. The summed E-state index contributed by atoms with van der Waals surface area (Å²) in [5.74, 6) is -1.50. The van der Waals surface area contributed by atoms with Crippen molar-refractivity contribution in [1.82, 2.24) is 10.3 Å². The number of amides is 1. The Labute approximate surface area is 127 Å². The molecule has 0 aliphatic heterocycles. The Hall–Kier alpha value is -2.76. The van der Waals surface area contributed by atoms with Crippen molar-refractivity contribution in [2.75, 3.05) is 7.11 Å². The van der Waals surface area contributed by atoms with Crippen LogP contribution in [0.1, 0.15) is 16.1 Å². The minimum absolute atomic E-state index is 0.128. The SMILES string of the molecule is COC(=O)[C@@H](Cc1cccc(F)c1)NC(=O)c1ccccn1. The summed E-state index contributed by atoms with van der Waals surface area (Å²) in [6.45, 7) is 0. The molecule has 0 unspecified atom stereocenters. The van der Waals surface area contributed by atoms with Crippen LogP contribution < -0.4 is 5.32 Å². The van der Waals surface area contributed by atoms with E-state index in [-0.39, 0.29) is 12.1 Å². The summed E-state index contributed by atoms with van der Waals surface area (Å²) in [7, 11) is 1.23. The third-order valence-electron chi connectivity index (χ3n) is 3.02. The number of methoxy groups -OCH3 is 1. The van der Waals surface area contributed by atoms with Gasteiger partial charge in [-0.15, -0.1) is 0 Å². The van der Waals surface area contributed by atoms with Gasteiger partial charge >= 0.3 is 5.97 Å². The lowest BCUT2D eigenvalue weighted by atomic mass is 10.1. The minimum atomic E-state index is -0.915. The van der Waals surface area contributed by atoms with Gasteiger partial charge in [0, 0.05) is 12.6 Å². The van der Waals surface area contributed by atoms with Crippen molar-refractivity contribution in [2.24, 2.45) is 0 Å². The third kappa shape index (κ3) is 4.12. The fraction of sp³-hybridized carbons (Fsp3) is 0.188.